The molecule has 6 heteroatoms. The van der Waals surface area contributed by atoms with E-state index in [1.54, 1.807) is 0 Å². The van der Waals surface area contributed by atoms with Gasteiger partial charge in [0.1, 0.15) is 5.82 Å². The molecule has 1 aliphatic heterocycles. The van der Waals surface area contributed by atoms with Crippen molar-refractivity contribution in [3.8, 4) is 0 Å². The highest BCUT2D eigenvalue weighted by atomic mass is 16.2. The van der Waals surface area contributed by atoms with Crippen molar-refractivity contribution in [1.82, 2.24) is 24.7 Å². The molecule has 0 radical (unpaired) electrons. The fraction of sp³-hybridized carbons (Fsp3) is 0.579. The Morgan fingerprint density at radius 3 is 2.40 bits per heavy atom. The first-order chi connectivity index (χ1) is 11.8. The van der Waals surface area contributed by atoms with Crippen molar-refractivity contribution in [1.29, 1.82) is 0 Å². The highest BCUT2D eigenvalue weighted by Gasteiger charge is 2.22. The zero-order chi connectivity index (χ0) is 18.0. The maximum atomic E-state index is 12.1. The van der Waals surface area contributed by atoms with Crippen molar-refractivity contribution < 1.29 is 4.79 Å². The SMILES string of the molecule is Cn1c(CN2CCN(CC(=O)NC(C)(C)C)CC2)nc2ccccc21. The van der Waals surface area contributed by atoms with E-state index in [2.05, 4.69) is 44.9 Å². The van der Waals surface area contributed by atoms with Crippen LogP contribution in [-0.4, -0.2) is 63.5 Å². The Morgan fingerprint density at radius 2 is 1.76 bits per heavy atom. The summed E-state index contributed by atoms with van der Waals surface area (Å²) >= 11 is 0. The zero-order valence-electron chi connectivity index (χ0n) is 15.7. The number of nitrogens with zero attached hydrogens (tertiary/aromatic N) is 4. The number of para-hydroxylation sites is 2. The Kier molecular flexibility index (Phi) is 5.11. The topological polar surface area (TPSA) is 53.4 Å². The van der Waals surface area contributed by atoms with Gasteiger partial charge in [-0.05, 0) is 32.9 Å². The molecule has 2 aromatic rings. The molecule has 1 amide bonds. The molecule has 1 aromatic carbocycles. The minimum Gasteiger partial charge on any atom is -0.350 e. The second-order valence-corrected chi connectivity index (χ2v) is 7.93. The summed E-state index contributed by atoms with van der Waals surface area (Å²) in [7, 11) is 2.08. The predicted molar refractivity (Wildman–Crippen MR) is 100 cm³/mol. The molecule has 1 fully saturated rings. The molecule has 25 heavy (non-hydrogen) atoms. The average molecular weight is 343 g/mol. The van der Waals surface area contributed by atoms with Gasteiger partial charge in [0.25, 0.3) is 0 Å². The van der Waals surface area contributed by atoms with Crippen molar-refractivity contribution in [3.63, 3.8) is 0 Å². The Morgan fingerprint density at radius 1 is 1.12 bits per heavy atom. The average Bonchev–Trinajstić information content (AvgIpc) is 2.84. The van der Waals surface area contributed by atoms with Gasteiger partial charge >= 0.3 is 0 Å². The van der Waals surface area contributed by atoms with Crippen molar-refractivity contribution in [3.05, 3.63) is 30.1 Å². The van der Waals surface area contributed by atoms with Crippen molar-refractivity contribution in [2.45, 2.75) is 32.9 Å². The highest BCUT2D eigenvalue weighted by molar-refractivity contribution is 5.78. The Labute approximate surface area is 149 Å². The van der Waals surface area contributed by atoms with Gasteiger partial charge in [-0.3, -0.25) is 14.6 Å². The minimum absolute atomic E-state index is 0.108. The number of nitrogens with one attached hydrogen (secondary N) is 1. The molecule has 0 saturated carbocycles. The number of carbonyl (C=O) groups excluding carboxylic acids is 1. The lowest BCUT2D eigenvalue weighted by Crippen LogP contribution is -2.51. The second-order valence-electron chi connectivity index (χ2n) is 7.93. The number of piperazine rings is 1. The first kappa shape index (κ1) is 17.9. The molecule has 2 heterocycles. The third-order valence-corrected chi connectivity index (χ3v) is 4.59. The molecule has 0 bridgehead atoms. The number of amides is 1. The summed E-state index contributed by atoms with van der Waals surface area (Å²) in [5.41, 5.74) is 2.06. The quantitative estimate of drug-likeness (QED) is 0.916. The van der Waals surface area contributed by atoms with Gasteiger partial charge in [0.2, 0.25) is 5.91 Å². The Bertz CT molecular complexity index is 738. The van der Waals surface area contributed by atoms with Crippen LogP contribution in [0.25, 0.3) is 11.0 Å². The summed E-state index contributed by atoms with van der Waals surface area (Å²) in [4.78, 5) is 21.5. The van der Waals surface area contributed by atoms with Crippen LogP contribution in [0.15, 0.2) is 24.3 Å². The van der Waals surface area contributed by atoms with Crippen LogP contribution in [-0.2, 0) is 18.4 Å². The molecular weight excluding hydrogens is 314 g/mol. The molecule has 0 atom stereocenters. The van der Waals surface area contributed by atoms with Crippen LogP contribution >= 0.6 is 0 Å². The van der Waals surface area contributed by atoms with Gasteiger partial charge in [0.05, 0.1) is 24.1 Å². The van der Waals surface area contributed by atoms with E-state index in [9.17, 15) is 4.79 Å². The van der Waals surface area contributed by atoms with E-state index >= 15 is 0 Å². The number of imidazole rings is 1. The number of aromatic nitrogens is 2. The fourth-order valence-corrected chi connectivity index (χ4v) is 3.30. The largest absolute Gasteiger partial charge is 0.350 e. The summed E-state index contributed by atoms with van der Waals surface area (Å²) in [5.74, 6) is 1.21. The first-order valence-electron chi connectivity index (χ1n) is 8.98. The molecule has 6 nitrogen and oxygen atoms in total. The van der Waals surface area contributed by atoms with E-state index in [-0.39, 0.29) is 11.4 Å². The first-order valence-corrected chi connectivity index (χ1v) is 8.98. The number of hydrogen-bond acceptors (Lipinski definition) is 4. The van der Waals surface area contributed by atoms with Crippen LogP contribution in [0.2, 0.25) is 0 Å². The minimum atomic E-state index is -0.168. The van der Waals surface area contributed by atoms with Gasteiger partial charge in [0, 0.05) is 38.8 Å². The number of carbonyl (C=O) groups is 1. The van der Waals surface area contributed by atoms with E-state index in [0.29, 0.717) is 6.54 Å². The molecule has 136 valence electrons. The molecule has 0 unspecified atom stereocenters. The number of hydrogen-bond donors (Lipinski definition) is 1. The van der Waals surface area contributed by atoms with Crippen molar-refractivity contribution >= 4 is 16.9 Å². The third-order valence-electron chi connectivity index (χ3n) is 4.59. The molecule has 1 aliphatic rings. The van der Waals surface area contributed by atoms with E-state index in [0.717, 1.165) is 44.1 Å². The summed E-state index contributed by atoms with van der Waals surface area (Å²) in [5, 5.41) is 3.03. The smallest absolute Gasteiger partial charge is 0.234 e. The van der Waals surface area contributed by atoms with Crippen LogP contribution in [0, 0.1) is 0 Å². The van der Waals surface area contributed by atoms with Crippen LogP contribution < -0.4 is 5.32 Å². The molecule has 0 aliphatic carbocycles. The van der Waals surface area contributed by atoms with Crippen molar-refractivity contribution in [2.24, 2.45) is 7.05 Å². The van der Waals surface area contributed by atoms with Crippen LogP contribution in [0.1, 0.15) is 26.6 Å². The monoisotopic (exact) mass is 343 g/mol. The second kappa shape index (κ2) is 7.14. The molecule has 1 saturated heterocycles. The maximum Gasteiger partial charge on any atom is 0.234 e. The molecule has 0 spiro atoms. The van der Waals surface area contributed by atoms with E-state index < -0.39 is 0 Å². The van der Waals surface area contributed by atoms with Crippen LogP contribution in [0.3, 0.4) is 0 Å². The third kappa shape index (κ3) is 4.58. The van der Waals surface area contributed by atoms with Crippen LogP contribution in [0.5, 0.6) is 0 Å². The summed E-state index contributed by atoms with van der Waals surface area (Å²) in [6.07, 6.45) is 0. The van der Waals surface area contributed by atoms with Gasteiger partial charge in [0.15, 0.2) is 0 Å². The van der Waals surface area contributed by atoms with Gasteiger partial charge < -0.3 is 9.88 Å². The lowest BCUT2D eigenvalue weighted by atomic mass is 10.1. The standard InChI is InChI=1S/C19H29N5O/c1-19(2,3)21-18(25)14-24-11-9-23(10-12-24)13-17-20-15-7-5-6-8-16(15)22(17)4/h5-8H,9-14H2,1-4H3,(H,21,25). The van der Waals surface area contributed by atoms with E-state index in [4.69, 9.17) is 4.98 Å². The fourth-order valence-electron chi connectivity index (χ4n) is 3.30. The summed E-state index contributed by atoms with van der Waals surface area (Å²) in [6, 6.07) is 8.25. The van der Waals surface area contributed by atoms with Crippen LogP contribution in [0.4, 0.5) is 0 Å². The highest BCUT2D eigenvalue weighted by Crippen LogP contribution is 2.16. The molecule has 3 rings (SSSR count). The van der Waals surface area contributed by atoms with Crippen molar-refractivity contribution in [2.75, 3.05) is 32.7 Å². The van der Waals surface area contributed by atoms with Gasteiger partial charge in [-0.15, -0.1) is 0 Å². The predicted octanol–water partition coefficient (Wildman–Crippen LogP) is 1.61. The number of fused-ring (bicyclic) bond motifs is 1. The van der Waals surface area contributed by atoms with Gasteiger partial charge in [-0.2, -0.15) is 0 Å². The number of rotatable bonds is 4. The number of benzene rings is 1. The maximum absolute atomic E-state index is 12.1. The molecule has 1 N–H and O–H groups in total. The van der Waals surface area contributed by atoms with E-state index in [1.807, 2.05) is 26.8 Å². The lowest BCUT2D eigenvalue weighted by molar-refractivity contribution is -0.124. The molecule has 1 aromatic heterocycles. The lowest BCUT2D eigenvalue weighted by Gasteiger charge is -2.34. The van der Waals surface area contributed by atoms with Gasteiger partial charge in [-0.1, -0.05) is 12.1 Å². The summed E-state index contributed by atoms with van der Waals surface area (Å²) < 4.78 is 2.18. The van der Waals surface area contributed by atoms with Gasteiger partial charge in [-0.25, -0.2) is 4.98 Å². The summed E-state index contributed by atoms with van der Waals surface area (Å²) in [6.45, 7) is 11.1. The Balaban J connectivity index is 1.52. The number of aryl methyl sites for hydroxylation is 1. The zero-order valence-corrected chi connectivity index (χ0v) is 15.7. The van der Waals surface area contributed by atoms with E-state index in [1.165, 1.54) is 5.52 Å². The molecular formula is C19H29N5O. The normalized spacial score (nSPS) is 17.1. The Hall–Kier alpha value is -1.92.